The highest BCUT2D eigenvalue weighted by Gasteiger charge is 2.48. The molecule has 2 aliphatic rings. The lowest BCUT2D eigenvalue weighted by atomic mass is 9.84. The van der Waals surface area contributed by atoms with Crippen LogP contribution in [0.3, 0.4) is 0 Å². The summed E-state index contributed by atoms with van der Waals surface area (Å²) in [4.78, 5) is 0. The van der Waals surface area contributed by atoms with E-state index in [1.807, 2.05) is 42.5 Å². The number of aliphatic hydroxyl groups excluding tert-OH is 3. The predicted molar refractivity (Wildman–Crippen MR) is 122 cm³/mol. The number of hydrogen-bond acceptors (Lipinski definition) is 10. The molecule has 182 valence electrons. The zero-order valence-corrected chi connectivity index (χ0v) is 18.3. The van der Waals surface area contributed by atoms with Crippen LogP contribution in [0.5, 0.6) is 0 Å². The number of aliphatic hydroxyl groups is 3. The van der Waals surface area contributed by atoms with Crippen LogP contribution in [0.1, 0.15) is 12.0 Å². The number of fused-ring (bicyclic) bond motifs is 1. The number of hydrogen-bond donors (Lipinski definition) is 7. The normalized spacial score (nSPS) is 39.6. The SMILES string of the molecule is NC[C@H]1O[C@H](O[C@H]2[C@H](O)[C@@H](O)[C@H](N)C[C@@H]2N)[C@H](N)[C@@H](OCc2ccc3ccccc3c2)[C@@H]1O. The van der Waals surface area contributed by atoms with Crippen molar-refractivity contribution in [3.63, 3.8) is 0 Å². The van der Waals surface area contributed by atoms with Crippen LogP contribution in [0.15, 0.2) is 42.5 Å². The third-order valence-electron chi connectivity index (χ3n) is 6.59. The molecule has 11 N–H and O–H groups in total. The highest BCUT2D eigenvalue weighted by molar-refractivity contribution is 5.82. The van der Waals surface area contributed by atoms with E-state index in [-0.39, 0.29) is 19.6 Å². The quantitative estimate of drug-likeness (QED) is 0.259. The first-order valence-corrected chi connectivity index (χ1v) is 11.2. The van der Waals surface area contributed by atoms with Crippen molar-refractivity contribution in [3.05, 3.63) is 48.0 Å². The molecular formula is C23H34N4O6. The number of benzene rings is 2. The zero-order valence-electron chi connectivity index (χ0n) is 18.3. The minimum atomic E-state index is -1.31. The van der Waals surface area contributed by atoms with Gasteiger partial charge in [-0.05, 0) is 28.8 Å². The summed E-state index contributed by atoms with van der Waals surface area (Å²) in [6.45, 7) is 0.222. The maximum Gasteiger partial charge on any atom is 0.176 e. The molecule has 10 heteroatoms. The molecule has 33 heavy (non-hydrogen) atoms. The van der Waals surface area contributed by atoms with Crippen molar-refractivity contribution in [1.82, 2.24) is 0 Å². The van der Waals surface area contributed by atoms with Gasteiger partial charge in [-0.2, -0.15) is 0 Å². The molecule has 1 heterocycles. The van der Waals surface area contributed by atoms with Crippen LogP contribution in [0.4, 0.5) is 0 Å². The molecule has 0 radical (unpaired) electrons. The van der Waals surface area contributed by atoms with Crippen LogP contribution in [0.25, 0.3) is 10.8 Å². The molecule has 10 atom stereocenters. The third kappa shape index (κ3) is 5.05. The minimum absolute atomic E-state index is 0.0103. The summed E-state index contributed by atoms with van der Waals surface area (Å²) in [5, 5.41) is 33.5. The van der Waals surface area contributed by atoms with Crippen molar-refractivity contribution < 1.29 is 29.5 Å². The molecule has 0 amide bonds. The average Bonchev–Trinajstić information content (AvgIpc) is 2.81. The zero-order chi connectivity index (χ0) is 23.7. The van der Waals surface area contributed by atoms with Gasteiger partial charge >= 0.3 is 0 Å². The van der Waals surface area contributed by atoms with Crippen LogP contribution in [-0.4, -0.2) is 82.9 Å². The summed E-state index contributed by atoms with van der Waals surface area (Å²) in [5.41, 5.74) is 25.0. The van der Waals surface area contributed by atoms with E-state index in [0.717, 1.165) is 16.3 Å². The molecule has 0 aromatic heterocycles. The fourth-order valence-corrected chi connectivity index (χ4v) is 4.61. The number of nitrogens with two attached hydrogens (primary N) is 4. The van der Waals surface area contributed by atoms with Crippen molar-refractivity contribution in [2.75, 3.05) is 6.54 Å². The molecule has 0 unspecified atom stereocenters. The summed E-state index contributed by atoms with van der Waals surface area (Å²) in [5.74, 6) is 0. The Balaban J connectivity index is 1.47. The van der Waals surface area contributed by atoms with Gasteiger partial charge in [-0.1, -0.05) is 36.4 Å². The topological polar surface area (TPSA) is 192 Å². The van der Waals surface area contributed by atoms with Gasteiger partial charge in [0.25, 0.3) is 0 Å². The van der Waals surface area contributed by atoms with Crippen molar-refractivity contribution in [3.8, 4) is 0 Å². The Morgan fingerprint density at radius 1 is 0.879 bits per heavy atom. The van der Waals surface area contributed by atoms with E-state index in [9.17, 15) is 15.3 Å². The van der Waals surface area contributed by atoms with Crippen LogP contribution in [0.2, 0.25) is 0 Å². The Labute approximate surface area is 192 Å². The molecule has 2 fully saturated rings. The van der Waals surface area contributed by atoms with E-state index in [1.165, 1.54) is 0 Å². The standard InChI is InChI=1S/C23H34N4O6/c24-9-16-19(29)22(31-10-11-5-6-12-3-1-2-4-13(12)7-11)17(27)23(32-16)33-21-15(26)8-14(25)18(28)20(21)30/h1-7,14-23,28-30H,8-10,24-27H2/t14-,15+,16-,17-,18+,19-,20-,21-,22-,23-/m1/s1. The van der Waals surface area contributed by atoms with Crippen LogP contribution in [0, 0.1) is 0 Å². The molecule has 2 aromatic rings. The fourth-order valence-electron chi connectivity index (χ4n) is 4.61. The second kappa shape index (κ2) is 10.3. The lowest BCUT2D eigenvalue weighted by Crippen LogP contribution is -2.67. The largest absolute Gasteiger partial charge is 0.389 e. The Morgan fingerprint density at radius 3 is 2.33 bits per heavy atom. The maximum atomic E-state index is 10.8. The molecule has 1 aliphatic carbocycles. The summed E-state index contributed by atoms with van der Waals surface area (Å²) >= 11 is 0. The van der Waals surface area contributed by atoms with Gasteiger partial charge in [0.2, 0.25) is 0 Å². The molecule has 1 aliphatic heterocycles. The monoisotopic (exact) mass is 462 g/mol. The minimum Gasteiger partial charge on any atom is -0.389 e. The third-order valence-corrected chi connectivity index (χ3v) is 6.59. The van der Waals surface area contributed by atoms with E-state index < -0.39 is 61.0 Å². The Kier molecular flexibility index (Phi) is 7.61. The van der Waals surface area contributed by atoms with E-state index in [0.29, 0.717) is 0 Å². The van der Waals surface area contributed by atoms with E-state index in [2.05, 4.69) is 0 Å². The highest BCUT2D eigenvalue weighted by atomic mass is 16.7. The Bertz CT molecular complexity index is 935. The van der Waals surface area contributed by atoms with Crippen LogP contribution >= 0.6 is 0 Å². The van der Waals surface area contributed by atoms with Gasteiger partial charge in [0.15, 0.2) is 6.29 Å². The van der Waals surface area contributed by atoms with Gasteiger partial charge in [-0.15, -0.1) is 0 Å². The average molecular weight is 463 g/mol. The van der Waals surface area contributed by atoms with Gasteiger partial charge in [0, 0.05) is 18.6 Å². The van der Waals surface area contributed by atoms with Gasteiger partial charge in [-0.3, -0.25) is 0 Å². The molecule has 10 nitrogen and oxygen atoms in total. The smallest absolute Gasteiger partial charge is 0.176 e. The lowest BCUT2D eigenvalue weighted by molar-refractivity contribution is -0.293. The summed E-state index contributed by atoms with van der Waals surface area (Å²) in [7, 11) is 0. The molecule has 1 saturated carbocycles. The maximum absolute atomic E-state index is 10.8. The molecular weight excluding hydrogens is 428 g/mol. The number of rotatable bonds is 6. The summed E-state index contributed by atoms with van der Waals surface area (Å²) in [6.07, 6.45) is -6.95. The van der Waals surface area contributed by atoms with E-state index in [4.69, 9.17) is 37.1 Å². The highest BCUT2D eigenvalue weighted by Crippen LogP contribution is 2.29. The Hall–Kier alpha value is -1.70. The molecule has 2 aromatic carbocycles. The first-order valence-electron chi connectivity index (χ1n) is 11.2. The molecule has 1 saturated heterocycles. The first kappa shape index (κ1) is 24.4. The van der Waals surface area contributed by atoms with Crippen molar-refractivity contribution in [2.45, 2.75) is 74.1 Å². The fraction of sp³-hybridized carbons (Fsp3) is 0.565. The van der Waals surface area contributed by atoms with E-state index >= 15 is 0 Å². The molecule has 4 rings (SSSR count). The van der Waals surface area contributed by atoms with Gasteiger partial charge in [0.05, 0.1) is 18.8 Å². The predicted octanol–water partition coefficient (Wildman–Crippen LogP) is -1.74. The van der Waals surface area contributed by atoms with Crippen molar-refractivity contribution >= 4 is 10.8 Å². The molecule has 0 bridgehead atoms. The first-order chi connectivity index (χ1) is 15.8. The van der Waals surface area contributed by atoms with Crippen LogP contribution < -0.4 is 22.9 Å². The van der Waals surface area contributed by atoms with Gasteiger partial charge in [-0.25, -0.2) is 0 Å². The van der Waals surface area contributed by atoms with Gasteiger partial charge < -0.3 is 52.5 Å². The number of ether oxygens (including phenoxy) is 3. The second-order valence-electron chi connectivity index (χ2n) is 8.95. The van der Waals surface area contributed by atoms with Crippen LogP contribution in [-0.2, 0) is 20.8 Å². The Morgan fingerprint density at radius 2 is 1.61 bits per heavy atom. The summed E-state index contributed by atoms with van der Waals surface area (Å²) < 4.78 is 17.7. The lowest BCUT2D eigenvalue weighted by Gasteiger charge is -2.46. The van der Waals surface area contributed by atoms with E-state index in [1.54, 1.807) is 0 Å². The van der Waals surface area contributed by atoms with Crippen molar-refractivity contribution in [2.24, 2.45) is 22.9 Å². The van der Waals surface area contributed by atoms with Crippen molar-refractivity contribution in [1.29, 1.82) is 0 Å². The van der Waals surface area contributed by atoms with Gasteiger partial charge in [0.1, 0.15) is 30.5 Å². The summed E-state index contributed by atoms with van der Waals surface area (Å²) in [6, 6.07) is 11.8. The second-order valence-corrected chi connectivity index (χ2v) is 8.95. The molecule has 0 spiro atoms.